The number of rotatable bonds is 6. The molecule has 1 saturated heterocycles. The van der Waals surface area contributed by atoms with Crippen LogP contribution in [-0.4, -0.2) is 78.2 Å². The first kappa shape index (κ1) is 31.4. The highest BCUT2D eigenvalue weighted by Gasteiger charge is 2.30. The van der Waals surface area contributed by atoms with Crippen molar-refractivity contribution >= 4 is 47.2 Å². The number of ether oxygens (including phenoxy) is 4. The highest BCUT2D eigenvalue weighted by molar-refractivity contribution is 8.00. The number of nitrogens with one attached hydrogen (secondary N) is 3. The van der Waals surface area contributed by atoms with Gasteiger partial charge in [0.1, 0.15) is 22.3 Å². The lowest BCUT2D eigenvalue weighted by Crippen LogP contribution is -2.43. The number of alkyl carbamates (subject to hydrolysis) is 2. The molecular weight excluding hydrogens is 512 g/mol. The van der Waals surface area contributed by atoms with Crippen molar-refractivity contribution in [1.82, 2.24) is 20.9 Å². The van der Waals surface area contributed by atoms with Crippen LogP contribution in [0.4, 0.5) is 9.59 Å². The van der Waals surface area contributed by atoms with Gasteiger partial charge in [-0.05, 0) is 41.5 Å². The number of nitrogens with zero attached hydrogens (tertiary/aromatic N) is 1. The lowest BCUT2D eigenvalue weighted by atomic mass is 10.2. The van der Waals surface area contributed by atoms with E-state index in [1.165, 1.54) is 25.6 Å². The Bertz CT molecular complexity index is 895. The number of hydrogen-bond donors (Lipinski definition) is 3. The molecule has 2 heterocycles. The van der Waals surface area contributed by atoms with E-state index in [9.17, 15) is 19.2 Å². The van der Waals surface area contributed by atoms with E-state index in [1.807, 2.05) is 20.8 Å². The van der Waals surface area contributed by atoms with Crippen molar-refractivity contribution in [3.63, 3.8) is 0 Å². The van der Waals surface area contributed by atoms with Gasteiger partial charge in [0.15, 0.2) is 5.69 Å². The van der Waals surface area contributed by atoms with Crippen molar-refractivity contribution in [3.8, 4) is 0 Å². The average Bonchev–Trinajstić information content (AvgIpc) is 3.43. The van der Waals surface area contributed by atoms with E-state index in [0.29, 0.717) is 17.3 Å². The third kappa shape index (κ3) is 12.9. The number of carbonyl (C=O) groups is 4. The molecule has 0 aromatic carbocycles. The van der Waals surface area contributed by atoms with E-state index in [4.69, 9.17) is 9.47 Å². The lowest BCUT2D eigenvalue weighted by molar-refractivity contribution is -0.142. The Hall–Kier alpha value is -2.58. The minimum atomic E-state index is -0.538. The standard InChI is InChI=1S/C11H20N2O4S.C11H16N2O4S/c2*1-11(2,3)17-10(15)12-5-8-13-7(6-18-8)9(14)16-4/h7-8,13H,5-6H2,1-4H3,(H,12,15);6H,5H2,1-4H3,(H,12,15)/t7-,8?;/m0./s1. The van der Waals surface area contributed by atoms with Gasteiger partial charge in [0.05, 0.1) is 26.1 Å². The molecule has 1 aromatic heterocycles. The predicted octanol–water partition coefficient (Wildman–Crippen LogP) is 2.67. The van der Waals surface area contributed by atoms with Gasteiger partial charge in [0, 0.05) is 17.7 Å². The molecule has 0 saturated carbocycles. The van der Waals surface area contributed by atoms with Gasteiger partial charge < -0.3 is 29.6 Å². The highest BCUT2D eigenvalue weighted by atomic mass is 32.2. The summed E-state index contributed by atoms with van der Waals surface area (Å²) in [6.45, 7) is 11.4. The summed E-state index contributed by atoms with van der Waals surface area (Å²) < 4.78 is 19.4. The Morgan fingerprint density at radius 2 is 1.58 bits per heavy atom. The smallest absolute Gasteiger partial charge is 0.408 e. The van der Waals surface area contributed by atoms with Crippen LogP contribution >= 0.6 is 23.1 Å². The molecule has 0 aliphatic carbocycles. The third-order valence-electron chi connectivity index (χ3n) is 3.90. The molecule has 36 heavy (non-hydrogen) atoms. The zero-order valence-corrected chi connectivity index (χ0v) is 23.5. The molecule has 14 heteroatoms. The van der Waals surface area contributed by atoms with Crippen LogP contribution in [-0.2, 0) is 30.3 Å². The van der Waals surface area contributed by atoms with Gasteiger partial charge >= 0.3 is 24.1 Å². The van der Waals surface area contributed by atoms with Crippen LogP contribution in [0.5, 0.6) is 0 Å². The Kier molecular flexibility index (Phi) is 12.4. The van der Waals surface area contributed by atoms with Crippen LogP contribution in [0, 0.1) is 0 Å². The minimum Gasteiger partial charge on any atom is -0.468 e. The summed E-state index contributed by atoms with van der Waals surface area (Å²) in [5.41, 5.74) is -0.803. The molecule has 12 nitrogen and oxygen atoms in total. The van der Waals surface area contributed by atoms with Crippen molar-refractivity contribution in [2.45, 2.75) is 70.7 Å². The van der Waals surface area contributed by atoms with E-state index in [0.717, 1.165) is 0 Å². The third-order valence-corrected chi connectivity index (χ3v) is 5.98. The topological polar surface area (TPSA) is 154 Å². The molecule has 3 N–H and O–H groups in total. The van der Waals surface area contributed by atoms with Gasteiger partial charge in [0.2, 0.25) is 0 Å². The average molecular weight is 549 g/mol. The SMILES string of the molecule is COC(=O)[C@@H]1CSC(CNC(=O)OC(C)(C)C)N1.COC(=O)c1csc(CNC(=O)OC(C)(C)C)n1. The van der Waals surface area contributed by atoms with E-state index in [1.54, 1.807) is 37.9 Å². The van der Waals surface area contributed by atoms with E-state index >= 15 is 0 Å². The van der Waals surface area contributed by atoms with Crippen molar-refractivity contribution in [2.75, 3.05) is 26.5 Å². The second-order valence-electron chi connectivity index (χ2n) is 9.42. The largest absolute Gasteiger partial charge is 0.468 e. The van der Waals surface area contributed by atoms with Crippen LogP contribution in [0.3, 0.4) is 0 Å². The summed E-state index contributed by atoms with van der Waals surface area (Å²) in [6, 6.07) is -0.301. The Balaban J connectivity index is 0.000000360. The maximum atomic E-state index is 11.4. The van der Waals surface area contributed by atoms with Gasteiger partial charge in [-0.15, -0.1) is 23.1 Å². The molecule has 0 spiro atoms. The first-order valence-corrected chi connectivity index (χ1v) is 13.0. The fraction of sp³-hybridized carbons (Fsp3) is 0.682. The summed E-state index contributed by atoms with van der Waals surface area (Å²) in [5, 5.41) is 10.5. The summed E-state index contributed by atoms with van der Waals surface area (Å²) >= 11 is 2.84. The zero-order valence-electron chi connectivity index (χ0n) is 21.9. The van der Waals surface area contributed by atoms with Gasteiger partial charge in [-0.25, -0.2) is 19.4 Å². The van der Waals surface area contributed by atoms with Crippen molar-refractivity contribution in [3.05, 3.63) is 16.1 Å². The molecule has 1 aliphatic rings. The molecule has 2 rings (SSSR count). The van der Waals surface area contributed by atoms with Gasteiger partial charge in [-0.1, -0.05) is 0 Å². The molecule has 0 radical (unpaired) electrons. The van der Waals surface area contributed by atoms with E-state index in [-0.39, 0.29) is 29.6 Å². The number of hydrogen-bond acceptors (Lipinski definition) is 12. The number of thioether (sulfide) groups is 1. The monoisotopic (exact) mass is 548 g/mol. The van der Waals surface area contributed by atoms with Gasteiger partial charge in [0.25, 0.3) is 0 Å². The van der Waals surface area contributed by atoms with E-state index < -0.39 is 29.4 Å². The first-order chi connectivity index (χ1) is 16.6. The van der Waals surface area contributed by atoms with Gasteiger partial charge in [-0.2, -0.15) is 0 Å². The number of aromatic nitrogens is 1. The first-order valence-electron chi connectivity index (χ1n) is 11.1. The number of amides is 2. The molecule has 1 unspecified atom stereocenters. The van der Waals surface area contributed by atoms with Crippen LogP contribution in [0.25, 0.3) is 0 Å². The summed E-state index contributed by atoms with van der Waals surface area (Å²) in [6.07, 6.45) is -0.969. The van der Waals surface area contributed by atoms with Crippen LogP contribution < -0.4 is 16.0 Å². The van der Waals surface area contributed by atoms with Crippen molar-refractivity contribution in [2.24, 2.45) is 0 Å². The van der Waals surface area contributed by atoms with Gasteiger partial charge in [-0.3, -0.25) is 10.1 Å². The van der Waals surface area contributed by atoms with Crippen LogP contribution in [0.15, 0.2) is 5.38 Å². The molecule has 2 atom stereocenters. The summed E-state index contributed by atoms with van der Waals surface area (Å²) in [7, 11) is 2.65. The highest BCUT2D eigenvalue weighted by Crippen LogP contribution is 2.19. The number of carbonyl (C=O) groups excluding carboxylic acids is 4. The van der Waals surface area contributed by atoms with Crippen LogP contribution in [0.1, 0.15) is 57.0 Å². The fourth-order valence-electron chi connectivity index (χ4n) is 2.47. The second kappa shape index (κ2) is 14.2. The maximum Gasteiger partial charge on any atom is 0.408 e. The lowest BCUT2D eigenvalue weighted by Gasteiger charge is -2.20. The summed E-state index contributed by atoms with van der Waals surface area (Å²) in [5.74, 6) is -0.120. The van der Waals surface area contributed by atoms with E-state index in [2.05, 4.69) is 30.4 Å². The number of methoxy groups -OCH3 is 2. The van der Waals surface area contributed by atoms with Crippen LogP contribution in [0.2, 0.25) is 0 Å². The van der Waals surface area contributed by atoms with Crippen molar-refractivity contribution in [1.29, 1.82) is 0 Å². The number of thiazole rings is 1. The molecule has 1 aliphatic heterocycles. The Labute approximate surface area is 219 Å². The molecule has 1 fully saturated rings. The Morgan fingerprint density at radius 3 is 2.11 bits per heavy atom. The Morgan fingerprint density at radius 1 is 1.00 bits per heavy atom. The molecule has 0 bridgehead atoms. The van der Waals surface area contributed by atoms with Crippen molar-refractivity contribution < 1.29 is 38.1 Å². The molecule has 2 amide bonds. The predicted molar refractivity (Wildman–Crippen MR) is 136 cm³/mol. The molecule has 1 aromatic rings. The molecular formula is C22H36N4O8S2. The molecule has 204 valence electrons. The number of esters is 2. The quantitative estimate of drug-likeness (QED) is 0.355. The maximum absolute atomic E-state index is 11.4. The fourth-order valence-corrected chi connectivity index (χ4v) is 4.29. The minimum absolute atomic E-state index is 0.00150. The zero-order chi connectivity index (χ0) is 27.5. The normalized spacial score (nSPS) is 17.2. The second-order valence-corrected chi connectivity index (χ2v) is 11.6. The summed E-state index contributed by atoms with van der Waals surface area (Å²) in [4.78, 5) is 49.3.